The first-order valence-corrected chi connectivity index (χ1v) is 8.88. The summed E-state index contributed by atoms with van der Waals surface area (Å²) in [5.41, 5.74) is -5.59. The Morgan fingerprint density at radius 1 is 0.548 bits per heavy atom. The molecule has 14 nitrogen and oxygen atoms in total. The van der Waals surface area contributed by atoms with Crippen LogP contribution in [0, 0.1) is 0 Å². The fourth-order valence-corrected chi connectivity index (χ4v) is 2.26. The van der Waals surface area contributed by atoms with Gasteiger partial charge in [0.2, 0.25) is 0 Å². The number of aliphatic hydroxyl groups is 2. The lowest BCUT2D eigenvalue weighted by atomic mass is 9.96. The van der Waals surface area contributed by atoms with Crippen molar-refractivity contribution in [3.05, 3.63) is 0 Å². The first-order chi connectivity index (χ1) is 14.2. The van der Waals surface area contributed by atoms with Crippen LogP contribution in [-0.2, 0) is 38.2 Å². The summed E-state index contributed by atoms with van der Waals surface area (Å²) >= 11 is 0. The van der Waals surface area contributed by atoms with E-state index in [0.29, 0.717) is 6.42 Å². The molecule has 2 unspecified atom stereocenters. The summed E-state index contributed by atoms with van der Waals surface area (Å²) in [4.78, 5) is 66.2. The molecule has 0 aliphatic rings. The molecule has 0 aliphatic carbocycles. The van der Waals surface area contributed by atoms with Crippen molar-refractivity contribution >= 4 is 35.8 Å². The molecule has 0 bridgehead atoms. The Morgan fingerprint density at radius 2 is 0.871 bits per heavy atom. The Kier molecular flexibility index (Phi) is 11.1. The second-order valence-corrected chi connectivity index (χ2v) is 6.67. The Bertz CT molecular complexity index is 643. The maximum absolute atomic E-state index is 11.6. The predicted molar refractivity (Wildman–Crippen MR) is 94.7 cm³/mol. The number of carboxylic acids is 4. The molecule has 14 heteroatoms. The third-order valence-electron chi connectivity index (χ3n) is 3.87. The van der Waals surface area contributed by atoms with Gasteiger partial charge in [-0.3, -0.25) is 19.2 Å². The normalized spacial score (nSPS) is 14.5. The lowest BCUT2D eigenvalue weighted by Crippen LogP contribution is -2.43. The number of ether oxygens (including phenoxy) is 2. The van der Waals surface area contributed by atoms with Crippen LogP contribution in [0.4, 0.5) is 0 Å². The van der Waals surface area contributed by atoms with E-state index in [1.807, 2.05) is 0 Å². The molecule has 0 aliphatic heterocycles. The molecule has 0 rings (SSSR count). The highest BCUT2D eigenvalue weighted by molar-refractivity contribution is 5.89. The van der Waals surface area contributed by atoms with Crippen molar-refractivity contribution in [1.29, 1.82) is 0 Å². The molecule has 2 atom stereocenters. The van der Waals surface area contributed by atoms with Gasteiger partial charge in [0.1, 0.15) is 0 Å². The van der Waals surface area contributed by atoms with Gasteiger partial charge < -0.3 is 40.1 Å². The molecule has 6 N–H and O–H groups in total. The van der Waals surface area contributed by atoms with Crippen molar-refractivity contribution in [1.82, 2.24) is 0 Å². The van der Waals surface area contributed by atoms with Gasteiger partial charge in [-0.15, -0.1) is 0 Å². The van der Waals surface area contributed by atoms with Crippen molar-refractivity contribution < 1.29 is 68.9 Å². The van der Waals surface area contributed by atoms with Gasteiger partial charge in [0.25, 0.3) is 0 Å². The summed E-state index contributed by atoms with van der Waals surface area (Å²) < 4.78 is 9.42. The minimum Gasteiger partial charge on any atom is -0.481 e. The smallest absolute Gasteiger partial charge is 0.336 e. The molecule has 0 fully saturated rings. The molecule has 0 radical (unpaired) electrons. The number of rotatable bonds is 16. The lowest BCUT2D eigenvalue weighted by molar-refractivity contribution is -0.172. The van der Waals surface area contributed by atoms with E-state index < -0.39 is 72.7 Å². The number of hydrogen-bond donors (Lipinski definition) is 6. The first-order valence-electron chi connectivity index (χ1n) is 8.88. The molecule has 0 saturated heterocycles. The van der Waals surface area contributed by atoms with Crippen molar-refractivity contribution in [3.63, 3.8) is 0 Å². The minimum absolute atomic E-state index is 0.188. The van der Waals surface area contributed by atoms with Crippen molar-refractivity contribution in [2.45, 2.75) is 56.1 Å². The molecule has 0 aromatic heterocycles. The predicted octanol–water partition coefficient (Wildman–Crippen LogP) is -1.40. The van der Waals surface area contributed by atoms with Crippen LogP contribution in [0.3, 0.4) is 0 Å². The van der Waals surface area contributed by atoms with E-state index in [0.717, 1.165) is 0 Å². The van der Waals surface area contributed by atoms with Crippen LogP contribution >= 0.6 is 0 Å². The number of aliphatic carboxylic acids is 4. The van der Waals surface area contributed by atoms with Gasteiger partial charge in [-0.1, -0.05) is 0 Å². The SMILES string of the molecule is O=C(O)CC(O)(CC(=O)OCCCCCOC(=O)CC(O)(CC(=O)O)C(=O)O)C(=O)O. The maximum Gasteiger partial charge on any atom is 0.336 e. The third kappa shape index (κ3) is 10.9. The van der Waals surface area contributed by atoms with Crippen LogP contribution in [0.1, 0.15) is 44.9 Å². The fraction of sp³-hybridized carbons (Fsp3) is 0.647. The topological polar surface area (TPSA) is 242 Å². The highest BCUT2D eigenvalue weighted by Gasteiger charge is 2.42. The van der Waals surface area contributed by atoms with Gasteiger partial charge in [0.15, 0.2) is 11.2 Å². The molecule has 0 saturated carbocycles. The van der Waals surface area contributed by atoms with E-state index in [1.54, 1.807) is 0 Å². The zero-order valence-corrected chi connectivity index (χ0v) is 16.3. The molecular weight excluding hydrogens is 428 g/mol. The summed E-state index contributed by atoms with van der Waals surface area (Å²) in [6.07, 6.45) is -3.67. The summed E-state index contributed by atoms with van der Waals surface area (Å²) in [6, 6.07) is 0. The molecule has 0 heterocycles. The molecular formula is C17H24O14. The Hall–Kier alpha value is -3.26. The Morgan fingerprint density at radius 3 is 1.13 bits per heavy atom. The first kappa shape index (κ1) is 27.7. The second kappa shape index (κ2) is 12.4. The quantitative estimate of drug-likeness (QED) is 0.117. The average Bonchev–Trinajstić information content (AvgIpc) is 2.58. The summed E-state index contributed by atoms with van der Waals surface area (Å²) in [5.74, 6) is -9.24. The lowest BCUT2D eigenvalue weighted by Gasteiger charge is -2.20. The average molecular weight is 452 g/mol. The monoisotopic (exact) mass is 452 g/mol. The minimum atomic E-state index is -2.80. The van der Waals surface area contributed by atoms with Gasteiger partial charge in [0.05, 0.1) is 38.9 Å². The van der Waals surface area contributed by atoms with Gasteiger partial charge in [-0.25, -0.2) is 9.59 Å². The molecule has 0 amide bonds. The summed E-state index contributed by atoms with van der Waals surface area (Å²) in [6.45, 7) is -0.375. The van der Waals surface area contributed by atoms with Crippen molar-refractivity contribution in [2.24, 2.45) is 0 Å². The highest BCUT2D eigenvalue weighted by Crippen LogP contribution is 2.18. The zero-order chi connectivity index (χ0) is 24.2. The molecule has 31 heavy (non-hydrogen) atoms. The number of esters is 2. The van der Waals surface area contributed by atoms with Crippen LogP contribution in [0.25, 0.3) is 0 Å². The highest BCUT2D eigenvalue weighted by atomic mass is 16.5. The summed E-state index contributed by atoms with van der Waals surface area (Å²) in [5, 5.41) is 54.3. The van der Waals surface area contributed by atoms with Gasteiger partial charge >= 0.3 is 35.8 Å². The number of carbonyl (C=O) groups is 6. The van der Waals surface area contributed by atoms with Crippen LogP contribution in [-0.4, -0.2) is 90.9 Å². The van der Waals surface area contributed by atoms with Crippen LogP contribution < -0.4 is 0 Å². The van der Waals surface area contributed by atoms with E-state index in [4.69, 9.17) is 29.9 Å². The van der Waals surface area contributed by atoms with Gasteiger partial charge in [0, 0.05) is 0 Å². The molecule has 0 spiro atoms. The van der Waals surface area contributed by atoms with Crippen LogP contribution in [0.5, 0.6) is 0 Å². The van der Waals surface area contributed by atoms with E-state index in [-0.39, 0.29) is 26.1 Å². The molecule has 0 aromatic rings. The largest absolute Gasteiger partial charge is 0.481 e. The van der Waals surface area contributed by atoms with Crippen LogP contribution in [0.15, 0.2) is 0 Å². The number of unbranched alkanes of at least 4 members (excludes halogenated alkanes) is 2. The number of carbonyl (C=O) groups excluding carboxylic acids is 2. The second-order valence-electron chi connectivity index (χ2n) is 6.67. The van der Waals surface area contributed by atoms with E-state index in [2.05, 4.69) is 0 Å². The number of hydrogen-bond acceptors (Lipinski definition) is 10. The Balaban J connectivity index is 4.18. The van der Waals surface area contributed by atoms with E-state index in [9.17, 15) is 39.0 Å². The summed E-state index contributed by atoms with van der Waals surface area (Å²) in [7, 11) is 0. The third-order valence-corrected chi connectivity index (χ3v) is 3.87. The fourth-order valence-electron chi connectivity index (χ4n) is 2.26. The van der Waals surface area contributed by atoms with Gasteiger partial charge in [-0.05, 0) is 19.3 Å². The number of carboxylic acid groups (broad SMARTS) is 4. The van der Waals surface area contributed by atoms with E-state index >= 15 is 0 Å². The Labute approximate surface area is 175 Å². The zero-order valence-electron chi connectivity index (χ0n) is 16.3. The van der Waals surface area contributed by atoms with Gasteiger partial charge in [-0.2, -0.15) is 0 Å². The molecule has 0 aromatic carbocycles. The van der Waals surface area contributed by atoms with Crippen molar-refractivity contribution in [2.75, 3.05) is 13.2 Å². The van der Waals surface area contributed by atoms with E-state index in [1.165, 1.54) is 0 Å². The van der Waals surface area contributed by atoms with Crippen LogP contribution in [0.2, 0.25) is 0 Å². The standard InChI is InChI=1S/C17H24O14/c18-10(19)6-16(28,14(24)25)8-12(22)30-4-2-1-3-5-31-13(23)9-17(29,15(26)27)7-11(20)21/h28-29H,1-9H2,(H,18,19)(H,20,21)(H,24,25)(H,26,27). The molecule has 176 valence electrons. The van der Waals surface area contributed by atoms with Crippen molar-refractivity contribution in [3.8, 4) is 0 Å². The maximum atomic E-state index is 11.6.